The first-order valence-electron chi connectivity index (χ1n) is 10.7. The van der Waals surface area contributed by atoms with Crippen molar-refractivity contribution in [1.29, 1.82) is 0 Å². The molecule has 4 nitrogen and oxygen atoms in total. The lowest BCUT2D eigenvalue weighted by Gasteiger charge is -2.32. The summed E-state index contributed by atoms with van der Waals surface area (Å²) in [5, 5.41) is 3.90. The van der Waals surface area contributed by atoms with Crippen molar-refractivity contribution in [2.24, 2.45) is 11.7 Å². The molecule has 1 heterocycles. The van der Waals surface area contributed by atoms with Crippen LogP contribution in [0.2, 0.25) is 0 Å². The van der Waals surface area contributed by atoms with Crippen LogP contribution >= 0.6 is 24.8 Å². The Kier molecular flexibility index (Phi) is 9.57. The first kappa shape index (κ1) is 25.4. The molecule has 0 radical (unpaired) electrons. The number of amides is 1. The number of benzene rings is 2. The van der Waals surface area contributed by atoms with Gasteiger partial charge in [0, 0.05) is 24.2 Å². The van der Waals surface area contributed by atoms with Gasteiger partial charge in [-0.15, -0.1) is 24.8 Å². The van der Waals surface area contributed by atoms with E-state index >= 15 is 0 Å². The molecule has 2 fully saturated rings. The molecule has 1 saturated heterocycles. The minimum atomic E-state index is -0.365. The summed E-state index contributed by atoms with van der Waals surface area (Å²) in [7, 11) is 0. The first-order chi connectivity index (χ1) is 14.1. The lowest BCUT2D eigenvalue weighted by Crippen LogP contribution is -2.43. The standard InChI is InChI=1S/C25H31N3O.2ClH/c1-18(15-19-5-3-2-4-6-19)23-16-24(23)27-22-11-13-28(14-12-22)17-20-7-9-21(10-8-20)25(26)29;;/h2-10,15,22-24,27H,11-14,16-17H2,1H3,(H2,26,29);2*1H/b18-15+;;. The Morgan fingerprint density at radius 2 is 1.71 bits per heavy atom. The number of hydrogen-bond donors (Lipinski definition) is 2. The van der Waals surface area contributed by atoms with Crippen molar-refractivity contribution in [3.8, 4) is 0 Å². The van der Waals surface area contributed by atoms with Crippen LogP contribution in [0.1, 0.15) is 47.7 Å². The van der Waals surface area contributed by atoms with Gasteiger partial charge in [-0.05, 0) is 68.5 Å². The predicted octanol–water partition coefficient (Wildman–Crippen LogP) is 4.68. The van der Waals surface area contributed by atoms with E-state index in [0.717, 1.165) is 19.6 Å². The third-order valence-electron chi connectivity index (χ3n) is 6.25. The monoisotopic (exact) mass is 461 g/mol. The average Bonchev–Trinajstić information content (AvgIpc) is 3.50. The van der Waals surface area contributed by atoms with Gasteiger partial charge in [0.2, 0.25) is 5.91 Å². The van der Waals surface area contributed by atoms with Crippen molar-refractivity contribution in [2.75, 3.05) is 13.1 Å². The second-order valence-electron chi connectivity index (χ2n) is 8.53. The zero-order valence-electron chi connectivity index (χ0n) is 18.0. The number of piperidine rings is 1. The molecule has 6 heteroatoms. The molecule has 1 saturated carbocycles. The van der Waals surface area contributed by atoms with Gasteiger partial charge in [-0.3, -0.25) is 9.69 Å². The number of nitrogens with two attached hydrogens (primary N) is 1. The minimum Gasteiger partial charge on any atom is -0.366 e. The maximum absolute atomic E-state index is 11.2. The molecular weight excluding hydrogens is 429 g/mol. The zero-order chi connectivity index (χ0) is 20.2. The second kappa shape index (κ2) is 11.7. The van der Waals surface area contributed by atoms with Gasteiger partial charge in [0.25, 0.3) is 0 Å². The molecule has 0 bridgehead atoms. The summed E-state index contributed by atoms with van der Waals surface area (Å²) in [4.78, 5) is 13.7. The molecule has 2 aliphatic rings. The van der Waals surface area contributed by atoms with Crippen molar-refractivity contribution in [2.45, 2.75) is 44.8 Å². The molecule has 1 aliphatic heterocycles. The third-order valence-corrected chi connectivity index (χ3v) is 6.25. The van der Waals surface area contributed by atoms with Gasteiger partial charge < -0.3 is 11.1 Å². The Morgan fingerprint density at radius 3 is 2.32 bits per heavy atom. The number of carbonyl (C=O) groups is 1. The molecule has 1 amide bonds. The summed E-state index contributed by atoms with van der Waals surface area (Å²) in [6.45, 7) is 5.44. The fourth-order valence-electron chi connectivity index (χ4n) is 4.39. The molecule has 2 aromatic rings. The van der Waals surface area contributed by atoms with E-state index in [2.05, 4.69) is 53.5 Å². The van der Waals surface area contributed by atoms with Gasteiger partial charge in [0.05, 0.1) is 0 Å². The quantitative estimate of drug-likeness (QED) is 0.629. The molecule has 2 aromatic carbocycles. The minimum absolute atomic E-state index is 0. The van der Waals surface area contributed by atoms with Crippen molar-refractivity contribution in [3.05, 3.63) is 76.9 Å². The maximum atomic E-state index is 11.2. The summed E-state index contributed by atoms with van der Waals surface area (Å²) >= 11 is 0. The number of halogens is 2. The van der Waals surface area contributed by atoms with E-state index in [9.17, 15) is 4.79 Å². The average molecular weight is 462 g/mol. The van der Waals surface area contributed by atoms with Gasteiger partial charge in [-0.1, -0.05) is 54.1 Å². The zero-order valence-corrected chi connectivity index (χ0v) is 19.6. The summed E-state index contributed by atoms with van der Waals surface area (Å²) in [5.41, 5.74) is 9.92. The highest BCUT2D eigenvalue weighted by Crippen LogP contribution is 2.38. The number of nitrogens with one attached hydrogen (secondary N) is 1. The van der Waals surface area contributed by atoms with Crippen molar-refractivity contribution in [3.63, 3.8) is 0 Å². The highest BCUT2D eigenvalue weighted by Gasteiger charge is 2.39. The molecule has 3 N–H and O–H groups in total. The number of primary amides is 1. The highest BCUT2D eigenvalue weighted by atomic mass is 35.5. The fraction of sp³-hybridized carbons (Fsp3) is 0.400. The van der Waals surface area contributed by atoms with Crippen LogP contribution in [0.25, 0.3) is 6.08 Å². The third kappa shape index (κ3) is 7.08. The van der Waals surface area contributed by atoms with E-state index in [1.54, 1.807) is 0 Å². The van der Waals surface area contributed by atoms with Crippen molar-refractivity contribution >= 4 is 36.8 Å². The van der Waals surface area contributed by atoms with E-state index < -0.39 is 0 Å². The number of rotatable bonds is 7. The fourth-order valence-corrected chi connectivity index (χ4v) is 4.39. The molecule has 31 heavy (non-hydrogen) atoms. The lowest BCUT2D eigenvalue weighted by molar-refractivity contribution is 0.1000. The SMILES string of the molecule is C/C(=C\c1ccccc1)C1CC1NC1CCN(Cc2ccc(C(N)=O)cc2)CC1.Cl.Cl. The molecule has 168 valence electrons. The van der Waals surface area contributed by atoms with Crippen LogP contribution in [0.15, 0.2) is 60.2 Å². The molecule has 2 unspecified atom stereocenters. The van der Waals surface area contributed by atoms with Gasteiger partial charge in [-0.25, -0.2) is 0 Å². The largest absolute Gasteiger partial charge is 0.366 e. The first-order valence-corrected chi connectivity index (χ1v) is 10.7. The highest BCUT2D eigenvalue weighted by molar-refractivity contribution is 5.92. The molecule has 0 spiro atoms. The van der Waals surface area contributed by atoms with Crippen molar-refractivity contribution in [1.82, 2.24) is 10.2 Å². The van der Waals surface area contributed by atoms with Gasteiger partial charge in [-0.2, -0.15) is 0 Å². The second-order valence-corrected chi connectivity index (χ2v) is 8.53. The number of likely N-dealkylation sites (tertiary alicyclic amines) is 1. The van der Waals surface area contributed by atoms with Crippen LogP contribution in [-0.4, -0.2) is 36.0 Å². The van der Waals surface area contributed by atoms with Crippen LogP contribution in [0.3, 0.4) is 0 Å². The lowest BCUT2D eigenvalue weighted by atomic mass is 10.0. The van der Waals surface area contributed by atoms with E-state index in [-0.39, 0.29) is 30.7 Å². The molecule has 1 aliphatic carbocycles. The summed E-state index contributed by atoms with van der Waals surface area (Å²) < 4.78 is 0. The Bertz CT molecular complexity index is 862. The summed E-state index contributed by atoms with van der Waals surface area (Å²) in [6.07, 6.45) is 5.99. The summed E-state index contributed by atoms with van der Waals surface area (Å²) in [6, 6.07) is 19.6. The molecular formula is C25H33Cl2N3O. The number of nitrogens with zero attached hydrogens (tertiary/aromatic N) is 1. The van der Waals surface area contributed by atoms with Crippen LogP contribution in [0, 0.1) is 5.92 Å². The van der Waals surface area contributed by atoms with E-state index in [0.29, 0.717) is 23.6 Å². The van der Waals surface area contributed by atoms with E-state index in [1.807, 2.05) is 24.3 Å². The molecule has 0 aromatic heterocycles. The van der Waals surface area contributed by atoms with Crippen LogP contribution < -0.4 is 11.1 Å². The Labute approximate surface area is 198 Å². The maximum Gasteiger partial charge on any atom is 0.248 e. The van der Waals surface area contributed by atoms with Crippen LogP contribution in [0.5, 0.6) is 0 Å². The summed E-state index contributed by atoms with van der Waals surface area (Å²) in [5.74, 6) is 0.327. The predicted molar refractivity (Wildman–Crippen MR) is 133 cm³/mol. The normalized spacial score (nSPS) is 21.6. The smallest absolute Gasteiger partial charge is 0.248 e. The van der Waals surface area contributed by atoms with Gasteiger partial charge in [0.1, 0.15) is 0 Å². The van der Waals surface area contributed by atoms with Gasteiger partial charge >= 0.3 is 0 Å². The Morgan fingerprint density at radius 1 is 1.06 bits per heavy atom. The van der Waals surface area contributed by atoms with Crippen molar-refractivity contribution < 1.29 is 4.79 Å². The number of hydrogen-bond acceptors (Lipinski definition) is 3. The van der Waals surface area contributed by atoms with Crippen LogP contribution in [0.4, 0.5) is 0 Å². The topological polar surface area (TPSA) is 58.4 Å². The van der Waals surface area contributed by atoms with Crippen LogP contribution in [-0.2, 0) is 6.54 Å². The van der Waals surface area contributed by atoms with E-state index in [4.69, 9.17) is 5.73 Å². The number of carbonyl (C=O) groups excluding carboxylic acids is 1. The molecule has 2 atom stereocenters. The molecule has 4 rings (SSSR count). The van der Waals surface area contributed by atoms with E-state index in [1.165, 1.54) is 36.0 Å². The van der Waals surface area contributed by atoms with Gasteiger partial charge in [0.15, 0.2) is 0 Å². The Balaban J connectivity index is 0.00000171. The Hall–Kier alpha value is -1.85.